The molecule has 0 bridgehead atoms. The molecule has 332 valence electrons. The van der Waals surface area contributed by atoms with Crippen LogP contribution in [0.2, 0.25) is 0 Å². The molecule has 4 atom stereocenters. The van der Waals surface area contributed by atoms with Crippen molar-refractivity contribution in [2.24, 2.45) is 11.8 Å². The lowest BCUT2D eigenvalue weighted by Crippen LogP contribution is -2.57. The Kier molecular flexibility index (Phi) is 13.0. The number of benzene rings is 2. The molecule has 2 aliphatic heterocycles. The van der Waals surface area contributed by atoms with Gasteiger partial charge >= 0.3 is 12.2 Å². The minimum absolute atomic E-state index is 0.0751. The number of halogens is 2. The van der Waals surface area contributed by atoms with Gasteiger partial charge in [0.05, 0.1) is 43.9 Å². The smallest absolute Gasteiger partial charge is 0.407 e. The fourth-order valence-corrected chi connectivity index (χ4v) is 9.44. The highest BCUT2D eigenvalue weighted by Gasteiger charge is 2.55. The fraction of sp³-hybridized carbons (Fsp3) is 0.522. The van der Waals surface area contributed by atoms with E-state index in [2.05, 4.69) is 25.6 Å². The van der Waals surface area contributed by atoms with Crippen LogP contribution in [0.1, 0.15) is 109 Å². The van der Waals surface area contributed by atoms with Crippen LogP contribution in [-0.4, -0.2) is 98.0 Å². The quantitative estimate of drug-likeness (QED) is 0.110. The highest BCUT2D eigenvalue weighted by molar-refractivity contribution is 5.87. The van der Waals surface area contributed by atoms with E-state index in [4.69, 9.17) is 14.5 Å². The first-order valence-corrected chi connectivity index (χ1v) is 21.6. The molecule has 4 aromatic rings. The van der Waals surface area contributed by atoms with Crippen LogP contribution in [0, 0.1) is 11.8 Å². The van der Waals surface area contributed by atoms with Crippen LogP contribution in [0.5, 0.6) is 0 Å². The summed E-state index contributed by atoms with van der Waals surface area (Å²) in [5.41, 5.74) is 4.57. The van der Waals surface area contributed by atoms with E-state index in [9.17, 15) is 28.0 Å². The number of rotatable bonds is 12. The summed E-state index contributed by atoms with van der Waals surface area (Å²) < 4.78 is 38.6. The minimum Gasteiger partial charge on any atom is -0.453 e. The molecule has 2 aromatic heterocycles. The molecule has 14 nitrogen and oxygen atoms in total. The molecule has 62 heavy (non-hydrogen) atoms. The number of aromatic nitrogens is 4. The highest BCUT2D eigenvalue weighted by atomic mass is 19.3. The third kappa shape index (κ3) is 9.33. The van der Waals surface area contributed by atoms with Crippen molar-refractivity contribution >= 4 is 24.0 Å². The molecule has 2 aromatic carbocycles. The lowest BCUT2D eigenvalue weighted by Gasteiger charge is -2.46. The van der Waals surface area contributed by atoms with Crippen molar-refractivity contribution in [1.29, 1.82) is 0 Å². The first-order valence-electron chi connectivity index (χ1n) is 21.6. The van der Waals surface area contributed by atoms with E-state index < -0.39 is 41.8 Å². The van der Waals surface area contributed by atoms with Crippen molar-refractivity contribution in [3.63, 3.8) is 0 Å². The van der Waals surface area contributed by atoms with Crippen LogP contribution < -0.4 is 10.6 Å². The van der Waals surface area contributed by atoms with Crippen LogP contribution >= 0.6 is 0 Å². The Bertz CT molecular complexity index is 2210. The number of nitrogens with zero attached hydrogens (tertiary/aromatic N) is 4. The van der Waals surface area contributed by atoms with Gasteiger partial charge in [-0.05, 0) is 73.5 Å². The number of carbonyl (C=O) groups excluding carboxylic acids is 4. The second-order valence-electron chi connectivity index (χ2n) is 17.7. The maximum atomic E-state index is 14.5. The second kappa shape index (κ2) is 18.3. The van der Waals surface area contributed by atoms with Gasteiger partial charge < -0.3 is 39.9 Å². The van der Waals surface area contributed by atoms with Gasteiger partial charge in [0.25, 0.3) is 0 Å². The number of hydrogen-bond donors (Lipinski definition) is 4. The molecule has 16 heteroatoms. The fourth-order valence-electron chi connectivity index (χ4n) is 9.44. The van der Waals surface area contributed by atoms with E-state index in [0.29, 0.717) is 43.1 Å². The number of likely N-dealkylation sites (tertiary alicyclic amines) is 2. The summed E-state index contributed by atoms with van der Waals surface area (Å²) >= 11 is 0. The highest BCUT2D eigenvalue weighted by Crippen LogP contribution is 2.52. The molecule has 4 heterocycles. The van der Waals surface area contributed by atoms with Crippen molar-refractivity contribution in [2.45, 2.75) is 121 Å². The average molecular weight is 857 g/mol. The van der Waals surface area contributed by atoms with E-state index in [1.54, 1.807) is 22.2 Å². The summed E-state index contributed by atoms with van der Waals surface area (Å²) in [4.78, 5) is 72.3. The molecule has 0 radical (unpaired) electrons. The molecule has 2 unspecified atom stereocenters. The third-order valence-corrected chi connectivity index (χ3v) is 12.8. The van der Waals surface area contributed by atoms with Crippen molar-refractivity contribution in [3.05, 3.63) is 72.6 Å². The van der Waals surface area contributed by atoms with Crippen LogP contribution in [-0.2, 0) is 19.1 Å². The lowest BCUT2D eigenvalue weighted by molar-refractivity contribution is -0.147. The topological polar surface area (TPSA) is 175 Å². The Morgan fingerprint density at radius 1 is 0.790 bits per heavy atom. The van der Waals surface area contributed by atoms with Crippen molar-refractivity contribution in [1.82, 2.24) is 40.4 Å². The summed E-state index contributed by atoms with van der Waals surface area (Å²) in [5, 5.41) is 5.40. The molecular formula is C46H58F2N8O6. The molecule has 2 saturated heterocycles. The molecule has 1 spiro atoms. The van der Waals surface area contributed by atoms with Gasteiger partial charge in [-0.15, -0.1) is 0 Å². The van der Waals surface area contributed by atoms with Gasteiger partial charge in [0.2, 0.25) is 17.7 Å². The number of aromatic amines is 2. The first-order chi connectivity index (χ1) is 29.6. The van der Waals surface area contributed by atoms with Gasteiger partial charge in [-0.2, -0.15) is 0 Å². The summed E-state index contributed by atoms with van der Waals surface area (Å²) in [7, 11) is 2.53. The molecule has 3 fully saturated rings. The van der Waals surface area contributed by atoms with Crippen molar-refractivity contribution in [3.8, 4) is 33.6 Å². The van der Waals surface area contributed by atoms with E-state index >= 15 is 0 Å². The van der Waals surface area contributed by atoms with Crippen LogP contribution in [0.4, 0.5) is 18.4 Å². The third-order valence-electron chi connectivity index (χ3n) is 12.8. The Hall–Kier alpha value is -5.80. The Balaban J connectivity index is 1.05. The molecule has 7 rings (SSSR count). The molecular weight excluding hydrogens is 799 g/mol. The maximum Gasteiger partial charge on any atom is 0.407 e. The van der Waals surface area contributed by atoms with Gasteiger partial charge in [-0.25, -0.2) is 28.3 Å². The van der Waals surface area contributed by atoms with Crippen LogP contribution in [0.3, 0.4) is 0 Å². The van der Waals surface area contributed by atoms with Gasteiger partial charge in [-0.1, -0.05) is 76.2 Å². The average Bonchev–Trinajstić information content (AvgIpc) is 4.10. The minimum atomic E-state index is -2.77. The van der Waals surface area contributed by atoms with E-state index in [1.807, 2.05) is 76.2 Å². The van der Waals surface area contributed by atoms with E-state index in [0.717, 1.165) is 40.8 Å². The molecule has 4 amide bonds. The zero-order valence-corrected chi connectivity index (χ0v) is 36.3. The number of imidazole rings is 2. The zero-order valence-electron chi connectivity index (χ0n) is 36.3. The zero-order chi connectivity index (χ0) is 44.3. The number of alkyl halides is 2. The second-order valence-corrected chi connectivity index (χ2v) is 17.7. The Labute approximate surface area is 360 Å². The van der Waals surface area contributed by atoms with Gasteiger partial charge in [-0.3, -0.25) is 9.59 Å². The van der Waals surface area contributed by atoms with Crippen molar-refractivity contribution in [2.75, 3.05) is 20.8 Å². The summed E-state index contributed by atoms with van der Waals surface area (Å²) in [5.74, 6) is -2.02. The number of nitrogens with one attached hydrogen (secondary N) is 4. The number of hydrogen-bond acceptors (Lipinski definition) is 8. The molecule has 4 N–H and O–H groups in total. The largest absolute Gasteiger partial charge is 0.453 e. The summed E-state index contributed by atoms with van der Waals surface area (Å²) in [6.45, 7) is 8.27. The van der Waals surface area contributed by atoms with Crippen LogP contribution in [0.25, 0.3) is 33.6 Å². The summed E-state index contributed by atoms with van der Waals surface area (Å²) in [6.07, 6.45) is 5.05. The molecule has 3 aliphatic rings. The standard InChI is InChI=1S/C46H58F2N8O6/c1-27(2)24-33(53-43(59)61-5)41(57)56-37(17-18-45(56)19-21-46(47,48)22-20-45)40-50-26-35(52-40)32-15-11-30(12-16-32)29-9-13-31(14-10-29)34-25-49-39(51-34)36-8-7-23-55(36)42(58)38(28(3)4)54-44(60)62-6/h9-16,25-28,33,36-38H,7-8,17-24H2,1-6H3,(H,49,51)(H,50,52)(H,53,59)(H,54,60)/t33?,36-,37?,38-/m0/s1. The van der Waals surface area contributed by atoms with Gasteiger partial charge in [0.1, 0.15) is 23.7 Å². The van der Waals surface area contributed by atoms with Gasteiger partial charge in [0, 0.05) is 36.7 Å². The predicted octanol–water partition coefficient (Wildman–Crippen LogP) is 8.56. The summed E-state index contributed by atoms with van der Waals surface area (Å²) in [6, 6.07) is 13.9. The van der Waals surface area contributed by atoms with Crippen LogP contribution in [0.15, 0.2) is 60.9 Å². The number of alkyl carbamates (subject to hydrolysis) is 2. The number of carbonyl (C=O) groups is 4. The van der Waals surface area contributed by atoms with Crippen molar-refractivity contribution < 1.29 is 37.4 Å². The SMILES string of the molecule is COC(=O)NC(CC(C)C)C(=O)N1C(c2nc(-c3ccc(-c4ccc(-c5cnc([C@@H]6CCCN6C(=O)[C@@H](NC(=O)OC)C(C)C)[nH]5)cc4)cc3)c[nH]2)CCC12CCC(F)(F)CC2. The maximum absolute atomic E-state index is 14.5. The predicted molar refractivity (Wildman–Crippen MR) is 229 cm³/mol. The monoisotopic (exact) mass is 856 g/mol. The normalized spacial score (nSPS) is 20.4. The van der Waals surface area contributed by atoms with E-state index in [-0.39, 0.29) is 55.4 Å². The number of H-pyrrole nitrogens is 2. The molecule has 1 aliphatic carbocycles. The number of amides is 4. The lowest BCUT2D eigenvalue weighted by atomic mass is 9.77. The first kappa shape index (κ1) is 44.3. The number of methoxy groups -OCH3 is 2. The van der Waals surface area contributed by atoms with E-state index in [1.165, 1.54) is 14.2 Å². The molecule has 1 saturated carbocycles. The Morgan fingerprint density at radius 3 is 2.02 bits per heavy atom. The van der Waals surface area contributed by atoms with Gasteiger partial charge in [0.15, 0.2) is 0 Å². The Morgan fingerprint density at radius 2 is 1.40 bits per heavy atom. The number of ether oxygens (including phenoxy) is 2.